The van der Waals surface area contributed by atoms with Crippen molar-refractivity contribution in [2.24, 2.45) is 5.73 Å². The number of nitrogens with two attached hydrogens (primary N) is 1. The highest BCUT2D eigenvalue weighted by Crippen LogP contribution is 2.36. The second kappa shape index (κ2) is 4.11. The molecule has 0 saturated heterocycles. The maximum atomic E-state index is 5.96. The minimum absolute atomic E-state index is 0.0601. The molecule has 0 amide bonds. The highest BCUT2D eigenvalue weighted by molar-refractivity contribution is 5.89. The molecule has 2 heterocycles. The van der Waals surface area contributed by atoms with Gasteiger partial charge in [-0.1, -0.05) is 19.9 Å². The SMILES string of the molecule is Cc1c(C)n2c3c(cc(C(C)(C)CN)cc13)CCC2. The molecule has 2 aromatic rings. The molecule has 2 N–H and O–H groups in total. The number of nitrogens with zero attached hydrogens (tertiary/aromatic N) is 1. The van der Waals surface area contributed by atoms with Gasteiger partial charge in [0.05, 0.1) is 5.52 Å². The molecule has 2 heteroatoms. The Morgan fingerprint density at radius 2 is 2.00 bits per heavy atom. The Morgan fingerprint density at radius 3 is 2.68 bits per heavy atom. The van der Waals surface area contributed by atoms with E-state index < -0.39 is 0 Å². The Labute approximate surface area is 115 Å². The van der Waals surface area contributed by atoms with Crippen LogP contribution in [0.2, 0.25) is 0 Å². The van der Waals surface area contributed by atoms with Gasteiger partial charge in [0, 0.05) is 29.6 Å². The number of benzene rings is 1. The van der Waals surface area contributed by atoms with Crippen LogP contribution < -0.4 is 5.73 Å². The molecule has 0 aliphatic carbocycles. The summed E-state index contributed by atoms with van der Waals surface area (Å²) in [5.41, 5.74) is 13.3. The maximum Gasteiger partial charge on any atom is 0.0517 e. The van der Waals surface area contributed by atoms with Crippen LogP contribution in [-0.4, -0.2) is 11.1 Å². The van der Waals surface area contributed by atoms with E-state index in [-0.39, 0.29) is 5.41 Å². The summed E-state index contributed by atoms with van der Waals surface area (Å²) in [6.45, 7) is 10.8. The molecule has 0 spiro atoms. The van der Waals surface area contributed by atoms with Crippen LogP contribution in [0, 0.1) is 13.8 Å². The quantitative estimate of drug-likeness (QED) is 0.876. The van der Waals surface area contributed by atoms with E-state index in [1.807, 2.05) is 0 Å². The number of aromatic nitrogens is 1. The largest absolute Gasteiger partial charge is 0.344 e. The molecule has 19 heavy (non-hydrogen) atoms. The molecule has 0 radical (unpaired) electrons. The Bertz CT molecular complexity index is 647. The van der Waals surface area contributed by atoms with Crippen molar-refractivity contribution in [1.29, 1.82) is 0 Å². The van der Waals surface area contributed by atoms with Crippen molar-refractivity contribution < 1.29 is 0 Å². The molecular formula is C17H24N2. The fourth-order valence-electron chi connectivity index (χ4n) is 3.27. The second-order valence-electron chi connectivity index (χ2n) is 6.59. The molecule has 2 nitrogen and oxygen atoms in total. The second-order valence-corrected chi connectivity index (χ2v) is 6.59. The van der Waals surface area contributed by atoms with E-state index >= 15 is 0 Å². The normalized spacial score (nSPS) is 15.2. The lowest BCUT2D eigenvalue weighted by Gasteiger charge is -2.26. The van der Waals surface area contributed by atoms with Gasteiger partial charge >= 0.3 is 0 Å². The van der Waals surface area contributed by atoms with Crippen LogP contribution in [0.15, 0.2) is 12.1 Å². The molecule has 102 valence electrons. The molecule has 0 fully saturated rings. The van der Waals surface area contributed by atoms with Gasteiger partial charge in [-0.2, -0.15) is 0 Å². The molecule has 1 aromatic carbocycles. The summed E-state index contributed by atoms with van der Waals surface area (Å²) >= 11 is 0. The van der Waals surface area contributed by atoms with Gasteiger partial charge in [0.15, 0.2) is 0 Å². The molecule has 1 aliphatic heterocycles. The van der Waals surface area contributed by atoms with Crippen molar-refractivity contribution in [2.75, 3.05) is 6.54 Å². The minimum atomic E-state index is 0.0601. The summed E-state index contributed by atoms with van der Waals surface area (Å²) in [5, 5.41) is 1.44. The zero-order valence-electron chi connectivity index (χ0n) is 12.5. The third kappa shape index (κ3) is 1.73. The van der Waals surface area contributed by atoms with E-state index in [0.717, 1.165) is 0 Å². The van der Waals surface area contributed by atoms with Gasteiger partial charge in [-0.25, -0.2) is 0 Å². The highest BCUT2D eigenvalue weighted by Gasteiger charge is 2.24. The van der Waals surface area contributed by atoms with Crippen molar-refractivity contribution >= 4 is 10.9 Å². The van der Waals surface area contributed by atoms with E-state index in [2.05, 4.69) is 44.4 Å². The van der Waals surface area contributed by atoms with Crippen LogP contribution in [0.3, 0.4) is 0 Å². The average Bonchev–Trinajstić information content (AvgIpc) is 2.66. The molecular weight excluding hydrogens is 232 g/mol. The van der Waals surface area contributed by atoms with Gasteiger partial charge in [-0.15, -0.1) is 0 Å². The summed E-state index contributed by atoms with van der Waals surface area (Å²) in [6, 6.07) is 4.76. The van der Waals surface area contributed by atoms with Crippen LogP contribution >= 0.6 is 0 Å². The van der Waals surface area contributed by atoms with E-state index in [4.69, 9.17) is 5.73 Å². The molecule has 0 saturated carbocycles. The first kappa shape index (κ1) is 12.7. The zero-order chi connectivity index (χ0) is 13.8. The number of hydrogen-bond acceptors (Lipinski definition) is 1. The molecule has 0 bridgehead atoms. The van der Waals surface area contributed by atoms with Crippen LogP contribution in [0.5, 0.6) is 0 Å². The fraction of sp³-hybridized carbons (Fsp3) is 0.529. The van der Waals surface area contributed by atoms with Crippen molar-refractivity contribution in [3.05, 3.63) is 34.5 Å². The Morgan fingerprint density at radius 1 is 1.26 bits per heavy atom. The monoisotopic (exact) mass is 256 g/mol. The maximum absolute atomic E-state index is 5.96. The molecule has 0 unspecified atom stereocenters. The van der Waals surface area contributed by atoms with E-state index in [1.54, 1.807) is 0 Å². The van der Waals surface area contributed by atoms with Crippen molar-refractivity contribution in [2.45, 2.75) is 52.5 Å². The van der Waals surface area contributed by atoms with Crippen molar-refractivity contribution in [3.8, 4) is 0 Å². The lowest BCUT2D eigenvalue weighted by molar-refractivity contribution is 0.537. The molecule has 1 aliphatic rings. The van der Waals surface area contributed by atoms with Gasteiger partial charge in [-0.3, -0.25) is 0 Å². The first-order valence-corrected chi connectivity index (χ1v) is 7.28. The Balaban J connectivity index is 2.35. The van der Waals surface area contributed by atoms with E-state index in [0.29, 0.717) is 6.54 Å². The summed E-state index contributed by atoms with van der Waals surface area (Å²) < 4.78 is 2.50. The van der Waals surface area contributed by atoms with E-state index in [1.165, 1.54) is 52.7 Å². The van der Waals surface area contributed by atoms with Gasteiger partial charge in [-0.05, 0) is 49.4 Å². The van der Waals surface area contributed by atoms with Crippen molar-refractivity contribution in [3.63, 3.8) is 0 Å². The van der Waals surface area contributed by atoms with Gasteiger partial charge in [0.25, 0.3) is 0 Å². The number of aryl methyl sites for hydroxylation is 3. The lowest BCUT2D eigenvalue weighted by Crippen LogP contribution is -2.28. The lowest BCUT2D eigenvalue weighted by atomic mass is 9.82. The standard InChI is InChI=1S/C17H24N2/c1-11-12(2)19-7-5-6-13-8-14(17(3,4)10-18)9-15(11)16(13)19/h8-9H,5-7,10,18H2,1-4H3. The average molecular weight is 256 g/mol. The van der Waals surface area contributed by atoms with Crippen molar-refractivity contribution in [1.82, 2.24) is 4.57 Å². The van der Waals surface area contributed by atoms with Gasteiger partial charge in [0.2, 0.25) is 0 Å². The highest BCUT2D eigenvalue weighted by atomic mass is 15.0. The van der Waals surface area contributed by atoms with Crippen LogP contribution in [-0.2, 0) is 18.4 Å². The van der Waals surface area contributed by atoms with E-state index in [9.17, 15) is 0 Å². The number of rotatable bonds is 2. The predicted molar refractivity (Wildman–Crippen MR) is 81.8 cm³/mol. The molecule has 0 atom stereocenters. The van der Waals surface area contributed by atoms with Crippen LogP contribution in [0.1, 0.15) is 42.7 Å². The summed E-state index contributed by atoms with van der Waals surface area (Å²) in [4.78, 5) is 0. The first-order valence-electron chi connectivity index (χ1n) is 7.28. The molecule has 3 rings (SSSR count). The van der Waals surface area contributed by atoms with Crippen LogP contribution in [0.4, 0.5) is 0 Å². The van der Waals surface area contributed by atoms with Gasteiger partial charge < -0.3 is 10.3 Å². The third-order valence-corrected chi connectivity index (χ3v) is 4.93. The summed E-state index contributed by atoms with van der Waals surface area (Å²) in [5.74, 6) is 0. The summed E-state index contributed by atoms with van der Waals surface area (Å²) in [7, 11) is 0. The topological polar surface area (TPSA) is 30.9 Å². The Hall–Kier alpha value is -1.28. The van der Waals surface area contributed by atoms with Gasteiger partial charge in [0.1, 0.15) is 0 Å². The zero-order valence-corrected chi connectivity index (χ0v) is 12.5. The Kier molecular flexibility index (Phi) is 2.75. The summed E-state index contributed by atoms with van der Waals surface area (Å²) in [6.07, 6.45) is 2.46. The molecule has 1 aromatic heterocycles. The first-order chi connectivity index (χ1) is 8.95. The predicted octanol–water partition coefficient (Wildman–Crippen LogP) is 3.44. The fourth-order valence-corrected chi connectivity index (χ4v) is 3.27. The van der Waals surface area contributed by atoms with Crippen LogP contribution in [0.25, 0.3) is 10.9 Å². The third-order valence-electron chi connectivity index (χ3n) is 4.93. The number of hydrogen-bond donors (Lipinski definition) is 1. The minimum Gasteiger partial charge on any atom is -0.344 e. The smallest absolute Gasteiger partial charge is 0.0517 e.